The quantitative estimate of drug-likeness (QED) is 0.414. The molecule has 7 nitrogen and oxygen atoms in total. The molecule has 35 heavy (non-hydrogen) atoms. The minimum atomic E-state index is -0.499. The monoisotopic (exact) mass is 500 g/mol. The standard InChI is InChI=1S/C27H33ClN2O5/c1-17(2)25(30(12-6-11-29)24(31)16-33-3)27-22(14-18-7-5-8-20(13-18)34-4)26(32)21-10-9-19(28)15-23(21)35-27/h5,7-10,13,15,17,25H,6,11-12,14,16,29H2,1-4H3. The SMILES string of the molecule is COCC(=O)N(CCCN)C(c1oc2cc(Cl)ccc2c(=O)c1Cc1cccc(OC)c1)C(C)C. The Morgan fingerprint density at radius 1 is 1.17 bits per heavy atom. The molecule has 0 aliphatic rings. The molecule has 2 aromatic carbocycles. The van der Waals surface area contributed by atoms with Crippen molar-refractivity contribution in [1.82, 2.24) is 4.90 Å². The Morgan fingerprint density at radius 2 is 1.94 bits per heavy atom. The predicted octanol–water partition coefficient (Wildman–Crippen LogP) is 4.57. The predicted molar refractivity (Wildman–Crippen MR) is 138 cm³/mol. The molecule has 0 saturated carbocycles. The minimum Gasteiger partial charge on any atom is -0.497 e. The van der Waals surface area contributed by atoms with Gasteiger partial charge in [-0.05, 0) is 48.7 Å². The van der Waals surface area contributed by atoms with Gasteiger partial charge in [0.1, 0.15) is 23.7 Å². The molecular weight excluding hydrogens is 468 g/mol. The van der Waals surface area contributed by atoms with Crippen LogP contribution >= 0.6 is 11.6 Å². The number of amides is 1. The van der Waals surface area contributed by atoms with E-state index in [-0.39, 0.29) is 23.9 Å². The number of nitrogens with two attached hydrogens (primary N) is 1. The average Bonchev–Trinajstić information content (AvgIpc) is 2.83. The molecule has 1 unspecified atom stereocenters. The van der Waals surface area contributed by atoms with Crippen LogP contribution in [0.15, 0.2) is 51.7 Å². The summed E-state index contributed by atoms with van der Waals surface area (Å²) >= 11 is 6.22. The van der Waals surface area contributed by atoms with Crippen molar-refractivity contribution in [2.45, 2.75) is 32.7 Å². The molecule has 188 valence electrons. The lowest BCUT2D eigenvalue weighted by molar-refractivity contribution is -0.139. The normalized spacial score (nSPS) is 12.2. The van der Waals surface area contributed by atoms with Crippen LogP contribution in [0.4, 0.5) is 0 Å². The first kappa shape index (κ1) is 26.7. The molecule has 0 saturated heterocycles. The van der Waals surface area contributed by atoms with Crippen LogP contribution in [0.5, 0.6) is 5.75 Å². The number of benzene rings is 2. The van der Waals surface area contributed by atoms with Gasteiger partial charge in [0.25, 0.3) is 0 Å². The van der Waals surface area contributed by atoms with Crippen molar-refractivity contribution in [2.24, 2.45) is 11.7 Å². The fourth-order valence-electron chi connectivity index (χ4n) is 4.31. The molecule has 2 N–H and O–H groups in total. The smallest absolute Gasteiger partial charge is 0.249 e. The van der Waals surface area contributed by atoms with E-state index in [1.54, 1.807) is 30.2 Å². The van der Waals surface area contributed by atoms with Gasteiger partial charge < -0.3 is 24.5 Å². The molecule has 3 rings (SSSR count). The number of fused-ring (bicyclic) bond motifs is 1. The molecule has 0 aliphatic carbocycles. The summed E-state index contributed by atoms with van der Waals surface area (Å²) in [6.07, 6.45) is 0.924. The molecule has 1 heterocycles. The molecule has 0 spiro atoms. The van der Waals surface area contributed by atoms with Crippen molar-refractivity contribution in [3.8, 4) is 5.75 Å². The molecule has 0 aliphatic heterocycles. The molecule has 3 aromatic rings. The van der Waals surface area contributed by atoms with E-state index in [0.29, 0.717) is 59.0 Å². The Bertz CT molecular complexity index is 1220. The lowest BCUT2D eigenvalue weighted by Gasteiger charge is -2.34. The number of ether oxygens (including phenoxy) is 2. The molecule has 0 radical (unpaired) electrons. The number of nitrogens with zero attached hydrogens (tertiary/aromatic N) is 1. The van der Waals surface area contributed by atoms with Gasteiger partial charge in [0.2, 0.25) is 5.91 Å². The molecule has 1 aromatic heterocycles. The Hall–Kier alpha value is -2.87. The van der Waals surface area contributed by atoms with Crippen LogP contribution in [0.3, 0.4) is 0 Å². The van der Waals surface area contributed by atoms with Crippen molar-refractivity contribution in [1.29, 1.82) is 0 Å². The lowest BCUT2D eigenvalue weighted by atomic mass is 9.92. The molecule has 0 bridgehead atoms. The van der Waals surface area contributed by atoms with E-state index >= 15 is 0 Å². The summed E-state index contributed by atoms with van der Waals surface area (Å²) in [5.41, 5.74) is 7.40. The third-order valence-electron chi connectivity index (χ3n) is 5.92. The molecule has 1 atom stereocenters. The summed E-state index contributed by atoms with van der Waals surface area (Å²) < 4.78 is 16.9. The van der Waals surface area contributed by atoms with Crippen LogP contribution in [-0.2, 0) is 16.0 Å². The van der Waals surface area contributed by atoms with Crippen LogP contribution in [0.2, 0.25) is 5.02 Å². The summed E-state index contributed by atoms with van der Waals surface area (Å²) in [4.78, 5) is 28.6. The maximum atomic E-state index is 13.8. The zero-order valence-electron chi connectivity index (χ0n) is 20.7. The van der Waals surface area contributed by atoms with Gasteiger partial charge in [0.15, 0.2) is 5.43 Å². The van der Waals surface area contributed by atoms with Crippen LogP contribution in [0.25, 0.3) is 11.0 Å². The van der Waals surface area contributed by atoms with Crippen molar-refractivity contribution in [2.75, 3.05) is 33.9 Å². The highest BCUT2D eigenvalue weighted by atomic mass is 35.5. The summed E-state index contributed by atoms with van der Waals surface area (Å²) in [6, 6.07) is 12.0. The lowest BCUT2D eigenvalue weighted by Crippen LogP contribution is -2.41. The van der Waals surface area contributed by atoms with E-state index < -0.39 is 6.04 Å². The highest BCUT2D eigenvalue weighted by Gasteiger charge is 2.33. The first-order valence-electron chi connectivity index (χ1n) is 11.7. The third kappa shape index (κ3) is 6.23. The van der Waals surface area contributed by atoms with Gasteiger partial charge in [-0.25, -0.2) is 0 Å². The van der Waals surface area contributed by atoms with E-state index in [2.05, 4.69) is 0 Å². The van der Waals surface area contributed by atoms with E-state index in [9.17, 15) is 9.59 Å². The number of hydrogen-bond donors (Lipinski definition) is 1. The van der Waals surface area contributed by atoms with E-state index in [1.165, 1.54) is 7.11 Å². The van der Waals surface area contributed by atoms with Gasteiger partial charge in [0.05, 0.1) is 18.5 Å². The molecule has 8 heteroatoms. The third-order valence-corrected chi connectivity index (χ3v) is 6.16. The average molecular weight is 501 g/mol. The van der Waals surface area contributed by atoms with Crippen LogP contribution in [0, 0.1) is 5.92 Å². The second-order valence-electron chi connectivity index (χ2n) is 8.79. The zero-order valence-corrected chi connectivity index (χ0v) is 21.4. The first-order chi connectivity index (χ1) is 16.8. The van der Waals surface area contributed by atoms with Crippen molar-refractivity contribution in [3.05, 3.63) is 74.6 Å². The van der Waals surface area contributed by atoms with E-state index in [4.69, 9.17) is 31.2 Å². The fourth-order valence-corrected chi connectivity index (χ4v) is 4.47. The van der Waals surface area contributed by atoms with Crippen molar-refractivity contribution in [3.63, 3.8) is 0 Å². The molecular formula is C27H33ClN2O5. The Morgan fingerprint density at radius 3 is 2.60 bits per heavy atom. The van der Waals surface area contributed by atoms with Crippen LogP contribution < -0.4 is 15.9 Å². The van der Waals surface area contributed by atoms with Gasteiger partial charge in [-0.15, -0.1) is 0 Å². The summed E-state index contributed by atoms with van der Waals surface area (Å²) in [6.45, 7) is 4.75. The number of hydrogen-bond acceptors (Lipinski definition) is 6. The Labute approximate surface area is 210 Å². The maximum Gasteiger partial charge on any atom is 0.249 e. The highest BCUT2D eigenvalue weighted by molar-refractivity contribution is 6.31. The second-order valence-corrected chi connectivity index (χ2v) is 9.23. The topological polar surface area (TPSA) is 95.0 Å². The second kappa shape index (κ2) is 12.2. The van der Waals surface area contributed by atoms with Crippen molar-refractivity contribution < 1.29 is 18.7 Å². The highest BCUT2D eigenvalue weighted by Crippen LogP contribution is 2.34. The largest absolute Gasteiger partial charge is 0.497 e. The number of halogens is 1. The number of carbonyl (C=O) groups is 1. The summed E-state index contributed by atoms with van der Waals surface area (Å²) in [7, 11) is 3.08. The number of rotatable bonds is 11. The van der Waals surface area contributed by atoms with Gasteiger partial charge in [-0.1, -0.05) is 37.6 Å². The Kier molecular flexibility index (Phi) is 9.32. The van der Waals surface area contributed by atoms with Gasteiger partial charge >= 0.3 is 0 Å². The number of methoxy groups -OCH3 is 2. The van der Waals surface area contributed by atoms with E-state index in [1.807, 2.05) is 38.1 Å². The molecule has 0 fully saturated rings. The maximum absolute atomic E-state index is 13.8. The molecule has 1 amide bonds. The van der Waals surface area contributed by atoms with Gasteiger partial charge in [0, 0.05) is 36.7 Å². The minimum absolute atomic E-state index is 0.0579. The fraction of sp³-hybridized carbons (Fsp3) is 0.407. The number of carbonyl (C=O) groups excluding carboxylic acids is 1. The summed E-state index contributed by atoms with van der Waals surface area (Å²) in [5, 5.41) is 0.902. The Balaban J connectivity index is 2.26. The van der Waals surface area contributed by atoms with Crippen LogP contribution in [-0.4, -0.2) is 44.7 Å². The first-order valence-corrected chi connectivity index (χ1v) is 12.0. The van der Waals surface area contributed by atoms with E-state index in [0.717, 1.165) is 5.56 Å². The van der Waals surface area contributed by atoms with Gasteiger partial charge in [-0.3, -0.25) is 9.59 Å². The zero-order chi connectivity index (χ0) is 25.5. The van der Waals surface area contributed by atoms with Gasteiger partial charge in [-0.2, -0.15) is 0 Å². The summed E-state index contributed by atoms with van der Waals surface area (Å²) in [5.74, 6) is 0.892. The van der Waals surface area contributed by atoms with Crippen molar-refractivity contribution >= 4 is 28.5 Å². The van der Waals surface area contributed by atoms with Crippen LogP contribution in [0.1, 0.15) is 43.2 Å².